The summed E-state index contributed by atoms with van der Waals surface area (Å²) in [7, 11) is 0. The molecule has 1 aromatic heterocycles. The molecule has 6 rings (SSSR count). The van der Waals surface area contributed by atoms with Gasteiger partial charge in [-0.05, 0) is 79.8 Å². The number of nitro groups is 1. The molecule has 0 saturated carbocycles. The number of hydrogen-bond acceptors (Lipinski definition) is 7. The number of nitrogens with zero attached hydrogens (tertiary/aromatic N) is 3. The van der Waals surface area contributed by atoms with Crippen molar-refractivity contribution < 1.29 is 24.4 Å². The van der Waals surface area contributed by atoms with Crippen molar-refractivity contribution >= 4 is 50.8 Å². The van der Waals surface area contributed by atoms with Crippen LogP contribution < -0.4 is 4.90 Å². The minimum absolute atomic E-state index is 0.165. The van der Waals surface area contributed by atoms with Crippen molar-refractivity contribution in [1.82, 2.24) is 4.98 Å². The average molecular weight is 630 g/mol. The van der Waals surface area contributed by atoms with Gasteiger partial charge in [0.1, 0.15) is 5.75 Å². The van der Waals surface area contributed by atoms with Crippen LogP contribution in [0.4, 0.5) is 11.4 Å². The lowest BCUT2D eigenvalue weighted by atomic mass is 9.70. The van der Waals surface area contributed by atoms with E-state index in [2.05, 4.69) is 20.9 Å². The number of non-ortho nitro benzene ring substituents is 1. The minimum Gasteiger partial charge on any atom is -0.507 e. The number of carbonyl (C=O) groups excluding carboxylic acids is 2. The molecule has 3 heterocycles. The molecule has 0 spiro atoms. The largest absolute Gasteiger partial charge is 0.507 e. The second-order valence-electron chi connectivity index (χ2n) is 10.9. The number of phenols is 1. The van der Waals surface area contributed by atoms with Gasteiger partial charge in [0.05, 0.1) is 40.9 Å². The van der Waals surface area contributed by atoms with Gasteiger partial charge in [-0.15, -0.1) is 0 Å². The molecular formula is C32H28BrN3O6. The number of hydrogen-bond donors (Lipinski definition) is 1. The molecule has 1 N–H and O–H groups in total. The number of nitro benzene ring substituents is 1. The molecule has 0 bridgehead atoms. The van der Waals surface area contributed by atoms with Gasteiger partial charge >= 0.3 is 0 Å². The van der Waals surface area contributed by atoms with Gasteiger partial charge in [-0.3, -0.25) is 24.7 Å². The molecular weight excluding hydrogens is 602 g/mol. The SMILES string of the molecule is CC1=C2[C@@H](CC/C(=C/c3cc(Br)ccc3O)c3ccccn3)OC[C@@H]2[C@@H]2C(=O)N(c3cccc([N+](=O)[O-])c3)C(=O)[C@@H]2C1. The van der Waals surface area contributed by atoms with Crippen molar-refractivity contribution in [3.63, 3.8) is 0 Å². The Morgan fingerprint density at radius 3 is 2.74 bits per heavy atom. The Bertz CT molecular complexity index is 1650. The predicted molar refractivity (Wildman–Crippen MR) is 160 cm³/mol. The molecule has 42 heavy (non-hydrogen) atoms. The highest BCUT2D eigenvalue weighted by atomic mass is 79.9. The summed E-state index contributed by atoms with van der Waals surface area (Å²) in [6.07, 6.45) is 5.13. The Balaban J connectivity index is 1.25. The van der Waals surface area contributed by atoms with E-state index in [4.69, 9.17) is 4.74 Å². The van der Waals surface area contributed by atoms with Gasteiger partial charge in [0, 0.05) is 34.3 Å². The van der Waals surface area contributed by atoms with E-state index in [-0.39, 0.29) is 41.0 Å². The first-order chi connectivity index (χ1) is 20.2. The molecule has 9 nitrogen and oxygen atoms in total. The molecule has 3 aliphatic rings. The first kappa shape index (κ1) is 28.0. The number of rotatable bonds is 7. The van der Waals surface area contributed by atoms with Gasteiger partial charge in [0.2, 0.25) is 11.8 Å². The zero-order valence-electron chi connectivity index (χ0n) is 22.8. The van der Waals surface area contributed by atoms with Gasteiger partial charge in [-0.25, -0.2) is 4.90 Å². The number of halogens is 1. The Labute approximate surface area is 250 Å². The molecule has 2 aromatic carbocycles. The third-order valence-electron chi connectivity index (χ3n) is 8.44. The summed E-state index contributed by atoms with van der Waals surface area (Å²) in [6, 6.07) is 16.6. The van der Waals surface area contributed by atoms with Crippen LogP contribution in [-0.2, 0) is 14.3 Å². The Kier molecular flexibility index (Phi) is 7.51. The molecule has 0 unspecified atom stereocenters. The number of imide groups is 1. The number of benzene rings is 2. The highest BCUT2D eigenvalue weighted by molar-refractivity contribution is 9.10. The number of aromatic nitrogens is 1. The molecule has 4 atom stereocenters. The average Bonchev–Trinajstić information content (AvgIpc) is 3.51. The van der Waals surface area contributed by atoms with E-state index in [1.165, 1.54) is 18.2 Å². The summed E-state index contributed by atoms with van der Waals surface area (Å²) in [5.74, 6) is -1.80. The van der Waals surface area contributed by atoms with Crippen LogP contribution in [0.25, 0.3) is 11.6 Å². The normalized spacial score (nSPS) is 23.8. The first-order valence-electron chi connectivity index (χ1n) is 13.8. The number of ether oxygens (including phenoxy) is 1. The van der Waals surface area contributed by atoms with Crippen molar-refractivity contribution in [1.29, 1.82) is 0 Å². The molecule has 2 amide bonds. The van der Waals surface area contributed by atoms with Crippen LogP contribution in [0.5, 0.6) is 5.75 Å². The Morgan fingerprint density at radius 2 is 1.98 bits per heavy atom. The predicted octanol–water partition coefficient (Wildman–Crippen LogP) is 6.32. The summed E-state index contributed by atoms with van der Waals surface area (Å²) in [5, 5.41) is 21.8. The second-order valence-corrected chi connectivity index (χ2v) is 11.8. The highest BCUT2D eigenvalue weighted by Crippen LogP contribution is 2.50. The van der Waals surface area contributed by atoms with Gasteiger partial charge < -0.3 is 9.84 Å². The number of fused-ring (bicyclic) bond motifs is 3. The molecule has 2 aliphatic heterocycles. The molecule has 1 aliphatic carbocycles. The fourth-order valence-electron chi connectivity index (χ4n) is 6.57. The van der Waals surface area contributed by atoms with Gasteiger partial charge in [0.25, 0.3) is 5.69 Å². The zero-order valence-corrected chi connectivity index (χ0v) is 24.4. The molecule has 2 fully saturated rings. The number of pyridine rings is 1. The van der Waals surface area contributed by atoms with Crippen LogP contribution in [0.15, 0.2) is 82.5 Å². The number of phenolic OH excluding ortho intramolecular Hbond substituents is 1. The van der Waals surface area contributed by atoms with E-state index in [0.29, 0.717) is 31.4 Å². The monoisotopic (exact) mass is 629 g/mol. The van der Waals surface area contributed by atoms with Gasteiger partial charge in [-0.1, -0.05) is 33.6 Å². The lowest BCUT2D eigenvalue weighted by Crippen LogP contribution is -2.34. The molecule has 0 radical (unpaired) electrons. The van der Waals surface area contributed by atoms with Crippen LogP contribution >= 0.6 is 15.9 Å². The number of anilines is 1. The van der Waals surface area contributed by atoms with Gasteiger partial charge in [-0.2, -0.15) is 0 Å². The lowest BCUT2D eigenvalue weighted by Gasteiger charge is -2.30. The Morgan fingerprint density at radius 1 is 1.14 bits per heavy atom. The first-order valence-corrected chi connectivity index (χ1v) is 14.6. The Hall–Kier alpha value is -4.15. The van der Waals surface area contributed by atoms with Crippen LogP contribution in [0.1, 0.15) is 37.4 Å². The van der Waals surface area contributed by atoms with Crippen molar-refractivity contribution in [3.8, 4) is 5.75 Å². The topological polar surface area (TPSA) is 123 Å². The smallest absolute Gasteiger partial charge is 0.271 e. The maximum absolute atomic E-state index is 13.7. The summed E-state index contributed by atoms with van der Waals surface area (Å²) < 4.78 is 7.15. The zero-order chi connectivity index (χ0) is 29.5. The van der Waals surface area contributed by atoms with Crippen molar-refractivity contribution in [2.75, 3.05) is 11.5 Å². The van der Waals surface area contributed by atoms with Crippen LogP contribution in [-0.4, -0.2) is 39.5 Å². The van der Waals surface area contributed by atoms with Crippen molar-refractivity contribution in [2.45, 2.75) is 32.3 Å². The van der Waals surface area contributed by atoms with E-state index >= 15 is 0 Å². The summed E-state index contributed by atoms with van der Waals surface area (Å²) in [5.41, 5.74) is 4.58. The quantitative estimate of drug-likeness (QED) is 0.140. The highest BCUT2D eigenvalue weighted by Gasteiger charge is 2.57. The number of amides is 2. The van der Waals surface area contributed by atoms with Crippen molar-refractivity contribution in [3.05, 3.63) is 104 Å². The number of aromatic hydroxyl groups is 1. The maximum atomic E-state index is 13.7. The third-order valence-corrected chi connectivity index (χ3v) is 8.93. The van der Waals surface area contributed by atoms with E-state index in [0.717, 1.165) is 31.8 Å². The summed E-state index contributed by atoms with van der Waals surface area (Å²) >= 11 is 3.47. The van der Waals surface area contributed by atoms with E-state index < -0.39 is 16.8 Å². The minimum atomic E-state index is -0.565. The van der Waals surface area contributed by atoms with E-state index in [9.17, 15) is 24.8 Å². The molecule has 10 heteroatoms. The van der Waals surface area contributed by atoms with E-state index in [1.54, 1.807) is 24.4 Å². The number of carbonyl (C=O) groups is 2. The summed E-state index contributed by atoms with van der Waals surface area (Å²) in [6.45, 7) is 2.33. The number of allylic oxidation sites excluding steroid dienone is 2. The van der Waals surface area contributed by atoms with Crippen LogP contribution in [0, 0.1) is 27.9 Å². The second kappa shape index (κ2) is 11.3. The maximum Gasteiger partial charge on any atom is 0.271 e. The molecule has 2 saturated heterocycles. The van der Waals surface area contributed by atoms with Crippen LogP contribution in [0.2, 0.25) is 0 Å². The molecule has 3 aromatic rings. The lowest BCUT2D eigenvalue weighted by molar-refractivity contribution is -0.384. The van der Waals surface area contributed by atoms with Gasteiger partial charge in [0.15, 0.2) is 0 Å². The third kappa shape index (κ3) is 5.05. The standard InChI is InChI=1S/C32H28BrN3O6/c1-18-13-24-30(32(39)35(31(24)38)22-5-4-6-23(16-22)36(40)41)25-17-42-28(29(18)25)11-8-19(26-7-2-3-12-34-26)14-20-15-21(33)9-10-27(20)37/h2-7,9-10,12,14-16,24-25,28,30,37H,8,11,13,17H2,1H3/b19-14-/t24-,25+,28-,30-/m1/s1. The van der Waals surface area contributed by atoms with Crippen LogP contribution in [0.3, 0.4) is 0 Å². The summed E-state index contributed by atoms with van der Waals surface area (Å²) in [4.78, 5) is 43.6. The molecule has 214 valence electrons. The fraction of sp³-hybridized carbons (Fsp3) is 0.281. The van der Waals surface area contributed by atoms with Crippen molar-refractivity contribution in [2.24, 2.45) is 17.8 Å². The fourth-order valence-corrected chi connectivity index (χ4v) is 6.95. The van der Waals surface area contributed by atoms with E-state index in [1.807, 2.05) is 37.3 Å².